The number of hydrogen-bond acceptors (Lipinski definition) is 4. The number of ketones is 1. The zero-order valence-corrected chi connectivity index (χ0v) is 17.3. The quantitative estimate of drug-likeness (QED) is 0.324. The first-order chi connectivity index (χ1) is 13.0. The summed E-state index contributed by atoms with van der Waals surface area (Å²) >= 11 is 3.29. The standard InChI is InChI=1S/C20H16F2INO2S/c21-16-6-13(23)4-3-12(16)5-15-14(17(25)9-26-8-11-1-2-11)7-18-20(19(15)22)24-10-27-18/h3-4,6-7,10-11H,1-2,5,8-9H2. The van der Waals surface area contributed by atoms with Gasteiger partial charge in [-0.3, -0.25) is 4.79 Å². The average molecular weight is 499 g/mol. The fourth-order valence-corrected chi connectivity index (χ4v) is 4.12. The van der Waals surface area contributed by atoms with E-state index in [1.165, 1.54) is 17.4 Å². The van der Waals surface area contributed by atoms with Gasteiger partial charge in [-0.25, -0.2) is 13.8 Å². The predicted octanol–water partition coefficient (Wildman–Crippen LogP) is 5.38. The number of carbonyl (C=O) groups is 1. The molecule has 140 valence electrons. The third-order valence-electron chi connectivity index (χ3n) is 4.63. The number of fused-ring (bicyclic) bond motifs is 1. The monoisotopic (exact) mass is 499 g/mol. The van der Waals surface area contributed by atoms with Crippen molar-refractivity contribution in [3.05, 3.63) is 61.7 Å². The van der Waals surface area contributed by atoms with Crippen LogP contribution in [-0.2, 0) is 11.2 Å². The Bertz CT molecular complexity index is 1020. The molecule has 7 heteroatoms. The van der Waals surface area contributed by atoms with Crippen molar-refractivity contribution >= 4 is 49.9 Å². The molecule has 1 heterocycles. The van der Waals surface area contributed by atoms with Crippen LogP contribution in [0.5, 0.6) is 0 Å². The summed E-state index contributed by atoms with van der Waals surface area (Å²) in [6.07, 6.45) is 2.26. The fraction of sp³-hybridized carbons (Fsp3) is 0.300. The number of Topliss-reactive ketones (excluding diaryl/α,β-unsaturated/α-hetero) is 1. The van der Waals surface area contributed by atoms with Crippen LogP contribution < -0.4 is 0 Å². The number of nitrogens with zero attached hydrogens (tertiary/aromatic N) is 1. The zero-order chi connectivity index (χ0) is 19.0. The lowest BCUT2D eigenvalue weighted by molar-refractivity contribution is 0.0739. The number of aromatic nitrogens is 1. The smallest absolute Gasteiger partial charge is 0.188 e. The Morgan fingerprint density at radius 1 is 1.30 bits per heavy atom. The number of hydrogen-bond donors (Lipinski definition) is 0. The van der Waals surface area contributed by atoms with E-state index in [-0.39, 0.29) is 35.5 Å². The normalized spacial score (nSPS) is 14.0. The number of thiazole rings is 1. The lowest BCUT2D eigenvalue weighted by atomic mass is 9.96. The average Bonchev–Trinajstić information content (AvgIpc) is 3.33. The third-order valence-corrected chi connectivity index (χ3v) is 6.08. The van der Waals surface area contributed by atoms with Crippen molar-refractivity contribution < 1.29 is 18.3 Å². The van der Waals surface area contributed by atoms with Crippen LogP contribution in [0.4, 0.5) is 8.78 Å². The summed E-state index contributed by atoms with van der Waals surface area (Å²) in [5.41, 5.74) is 2.53. The van der Waals surface area contributed by atoms with Gasteiger partial charge < -0.3 is 4.74 Å². The molecular formula is C20H16F2INO2S. The zero-order valence-electron chi connectivity index (χ0n) is 14.3. The summed E-state index contributed by atoms with van der Waals surface area (Å²) in [5, 5.41) is 0. The second kappa shape index (κ2) is 7.89. The van der Waals surface area contributed by atoms with Crippen LogP contribution in [0, 0.1) is 21.1 Å². The first kappa shape index (κ1) is 18.9. The van der Waals surface area contributed by atoms with Crippen LogP contribution in [0.25, 0.3) is 10.2 Å². The molecule has 4 rings (SSSR count). The van der Waals surface area contributed by atoms with Gasteiger partial charge in [-0.2, -0.15) is 0 Å². The molecule has 27 heavy (non-hydrogen) atoms. The van der Waals surface area contributed by atoms with Gasteiger partial charge in [0.15, 0.2) is 11.6 Å². The van der Waals surface area contributed by atoms with E-state index in [0.29, 0.717) is 22.8 Å². The molecule has 2 aromatic carbocycles. The molecular weight excluding hydrogens is 483 g/mol. The Morgan fingerprint density at radius 3 is 2.85 bits per heavy atom. The maximum absolute atomic E-state index is 15.1. The van der Waals surface area contributed by atoms with Gasteiger partial charge in [0.05, 0.1) is 16.8 Å². The molecule has 0 aliphatic heterocycles. The molecule has 1 aliphatic rings. The van der Waals surface area contributed by atoms with E-state index in [1.807, 2.05) is 22.6 Å². The first-order valence-corrected chi connectivity index (χ1v) is 10.6. The van der Waals surface area contributed by atoms with Crippen LogP contribution in [0.3, 0.4) is 0 Å². The molecule has 1 aliphatic carbocycles. The summed E-state index contributed by atoms with van der Waals surface area (Å²) in [4.78, 5) is 16.8. The van der Waals surface area contributed by atoms with Gasteiger partial charge in [-0.05, 0) is 65.1 Å². The molecule has 3 nitrogen and oxygen atoms in total. The molecule has 0 atom stereocenters. The molecule has 0 N–H and O–H groups in total. The van der Waals surface area contributed by atoms with Crippen molar-refractivity contribution in [3.8, 4) is 0 Å². The van der Waals surface area contributed by atoms with Crippen molar-refractivity contribution in [2.45, 2.75) is 19.3 Å². The summed E-state index contributed by atoms with van der Waals surface area (Å²) in [7, 11) is 0. The molecule has 0 saturated heterocycles. The van der Waals surface area contributed by atoms with Crippen molar-refractivity contribution in [1.29, 1.82) is 0 Å². The lowest BCUT2D eigenvalue weighted by Crippen LogP contribution is -2.14. The van der Waals surface area contributed by atoms with E-state index < -0.39 is 11.6 Å². The number of ether oxygens (including phenoxy) is 1. The SMILES string of the molecule is O=C(COCC1CC1)c1cc2scnc2c(F)c1Cc1ccc(I)cc1F. The minimum atomic E-state index is -0.558. The van der Waals surface area contributed by atoms with E-state index in [9.17, 15) is 9.18 Å². The lowest BCUT2D eigenvalue weighted by Gasteiger charge is -2.12. The molecule has 0 radical (unpaired) electrons. The number of benzene rings is 2. The minimum absolute atomic E-state index is 0.00818. The molecule has 1 aromatic heterocycles. The van der Waals surface area contributed by atoms with Crippen LogP contribution in [0.1, 0.15) is 34.3 Å². The summed E-state index contributed by atoms with van der Waals surface area (Å²) in [6.45, 7) is 0.459. The number of rotatable bonds is 7. The fourth-order valence-electron chi connectivity index (χ4n) is 2.96. The van der Waals surface area contributed by atoms with E-state index in [4.69, 9.17) is 4.74 Å². The Kier molecular flexibility index (Phi) is 5.52. The summed E-state index contributed by atoms with van der Waals surface area (Å²) in [5.74, 6) is -0.718. The van der Waals surface area contributed by atoms with Gasteiger partial charge >= 0.3 is 0 Å². The Labute approximate surface area is 172 Å². The highest BCUT2D eigenvalue weighted by Crippen LogP contribution is 2.31. The minimum Gasteiger partial charge on any atom is -0.373 e. The van der Waals surface area contributed by atoms with E-state index in [2.05, 4.69) is 4.98 Å². The second-order valence-corrected chi connectivity index (χ2v) is 8.84. The first-order valence-electron chi connectivity index (χ1n) is 8.62. The van der Waals surface area contributed by atoms with Gasteiger partial charge in [0.2, 0.25) is 0 Å². The van der Waals surface area contributed by atoms with E-state index in [1.54, 1.807) is 23.7 Å². The topological polar surface area (TPSA) is 39.2 Å². The van der Waals surface area contributed by atoms with Crippen molar-refractivity contribution in [3.63, 3.8) is 0 Å². The number of halogens is 3. The van der Waals surface area contributed by atoms with E-state index >= 15 is 4.39 Å². The molecule has 0 amide bonds. The summed E-state index contributed by atoms with van der Waals surface area (Å²) in [6, 6.07) is 6.44. The van der Waals surface area contributed by atoms with Crippen LogP contribution >= 0.6 is 33.9 Å². The van der Waals surface area contributed by atoms with Crippen molar-refractivity contribution in [2.75, 3.05) is 13.2 Å². The Hall–Kier alpha value is -1.45. The Morgan fingerprint density at radius 2 is 2.11 bits per heavy atom. The maximum atomic E-state index is 15.1. The van der Waals surface area contributed by atoms with Gasteiger partial charge in [0.1, 0.15) is 17.9 Å². The van der Waals surface area contributed by atoms with Gasteiger partial charge in [0, 0.05) is 21.1 Å². The summed E-state index contributed by atoms with van der Waals surface area (Å²) < 4.78 is 36.3. The highest BCUT2D eigenvalue weighted by molar-refractivity contribution is 14.1. The van der Waals surface area contributed by atoms with Crippen LogP contribution in [0.2, 0.25) is 0 Å². The molecule has 0 unspecified atom stereocenters. The molecule has 0 bridgehead atoms. The van der Waals surface area contributed by atoms with Crippen LogP contribution in [0.15, 0.2) is 29.8 Å². The highest BCUT2D eigenvalue weighted by Gasteiger charge is 2.24. The number of carbonyl (C=O) groups excluding carboxylic acids is 1. The highest BCUT2D eigenvalue weighted by atomic mass is 127. The molecule has 0 spiro atoms. The van der Waals surface area contributed by atoms with Gasteiger partial charge in [0.25, 0.3) is 0 Å². The molecule has 1 fully saturated rings. The van der Waals surface area contributed by atoms with E-state index in [0.717, 1.165) is 16.4 Å². The van der Waals surface area contributed by atoms with Crippen molar-refractivity contribution in [2.24, 2.45) is 5.92 Å². The largest absolute Gasteiger partial charge is 0.373 e. The van der Waals surface area contributed by atoms with Crippen molar-refractivity contribution in [1.82, 2.24) is 4.98 Å². The predicted molar refractivity (Wildman–Crippen MR) is 109 cm³/mol. The third kappa shape index (κ3) is 4.20. The Balaban J connectivity index is 1.69. The molecule has 1 saturated carbocycles. The van der Waals surface area contributed by atoms with Gasteiger partial charge in [-0.15, -0.1) is 11.3 Å². The van der Waals surface area contributed by atoms with Gasteiger partial charge in [-0.1, -0.05) is 6.07 Å². The maximum Gasteiger partial charge on any atom is 0.188 e. The second-order valence-electron chi connectivity index (χ2n) is 6.71. The molecule has 3 aromatic rings. The van der Waals surface area contributed by atoms with Crippen LogP contribution in [-0.4, -0.2) is 24.0 Å².